The van der Waals surface area contributed by atoms with Crippen LogP contribution in [0.4, 0.5) is 0 Å². The Bertz CT molecular complexity index is 390. The van der Waals surface area contributed by atoms with E-state index < -0.39 is 5.97 Å². The molecule has 0 aliphatic carbocycles. The lowest BCUT2D eigenvalue weighted by atomic mass is 10.1. The van der Waals surface area contributed by atoms with Gasteiger partial charge in [0.15, 0.2) is 11.4 Å². The molecular weight excluding hydrogens is 210 g/mol. The normalized spacial score (nSPS) is 9.94. The minimum atomic E-state index is -1.10. The molecule has 0 bridgehead atoms. The molecular formula is C11H15NO4. The van der Waals surface area contributed by atoms with E-state index in [2.05, 4.69) is 4.98 Å². The number of aromatic carboxylic acids is 1. The second kappa shape index (κ2) is 5.34. The van der Waals surface area contributed by atoms with Crippen molar-refractivity contribution >= 4 is 5.97 Å². The van der Waals surface area contributed by atoms with E-state index >= 15 is 0 Å². The van der Waals surface area contributed by atoms with Crippen molar-refractivity contribution in [1.82, 2.24) is 4.98 Å². The number of pyridine rings is 1. The van der Waals surface area contributed by atoms with Gasteiger partial charge in [0.25, 0.3) is 0 Å². The Hall–Kier alpha value is -1.78. The van der Waals surface area contributed by atoms with Crippen LogP contribution in [0.1, 0.15) is 29.4 Å². The minimum absolute atomic E-state index is 0.0771. The van der Waals surface area contributed by atoms with Crippen molar-refractivity contribution in [2.45, 2.75) is 19.8 Å². The molecule has 0 unspecified atom stereocenters. The third-order valence-corrected chi connectivity index (χ3v) is 2.22. The number of aromatic nitrogens is 1. The zero-order valence-electron chi connectivity index (χ0n) is 9.61. The molecule has 1 aromatic rings. The summed E-state index contributed by atoms with van der Waals surface area (Å²) in [4.78, 5) is 14.8. The number of nitrogens with zero attached hydrogens (tertiary/aromatic N) is 1. The highest BCUT2D eigenvalue weighted by atomic mass is 16.5. The molecule has 0 aliphatic rings. The van der Waals surface area contributed by atoms with Crippen LogP contribution in [0.2, 0.25) is 0 Å². The third-order valence-electron chi connectivity index (χ3n) is 2.22. The van der Waals surface area contributed by atoms with Gasteiger partial charge >= 0.3 is 5.97 Å². The van der Waals surface area contributed by atoms with Crippen molar-refractivity contribution in [3.63, 3.8) is 0 Å². The predicted molar refractivity (Wildman–Crippen MR) is 58.3 cm³/mol. The summed E-state index contributed by atoms with van der Waals surface area (Å²) in [5.74, 6) is -0.255. The Kier molecular flexibility index (Phi) is 4.10. The first kappa shape index (κ1) is 12.3. The molecule has 1 heterocycles. The Morgan fingerprint density at radius 3 is 2.56 bits per heavy atom. The number of hydrogen-bond donors (Lipinski definition) is 1. The second-order valence-electron chi connectivity index (χ2n) is 3.24. The first-order chi connectivity index (χ1) is 7.65. The molecule has 0 aliphatic heterocycles. The molecule has 16 heavy (non-hydrogen) atoms. The zero-order valence-corrected chi connectivity index (χ0v) is 9.61. The second-order valence-corrected chi connectivity index (χ2v) is 3.24. The summed E-state index contributed by atoms with van der Waals surface area (Å²) in [5, 5.41) is 8.97. The fourth-order valence-electron chi connectivity index (χ4n) is 1.55. The number of carbonyl (C=O) groups is 1. The summed E-state index contributed by atoms with van der Waals surface area (Å²) in [7, 11) is 2.96. The number of hydrogen-bond acceptors (Lipinski definition) is 4. The van der Waals surface area contributed by atoms with E-state index in [0.717, 1.165) is 12.0 Å². The molecule has 5 heteroatoms. The molecule has 1 rings (SSSR count). The van der Waals surface area contributed by atoms with Crippen molar-refractivity contribution in [2.75, 3.05) is 14.2 Å². The van der Waals surface area contributed by atoms with Gasteiger partial charge in [-0.1, -0.05) is 13.3 Å². The smallest absolute Gasteiger partial charge is 0.358 e. The summed E-state index contributed by atoms with van der Waals surface area (Å²) in [6, 6.07) is 0. The van der Waals surface area contributed by atoms with Crippen molar-refractivity contribution in [1.29, 1.82) is 0 Å². The number of methoxy groups -OCH3 is 2. The fraction of sp³-hybridized carbons (Fsp3) is 0.455. The van der Waals surface area contributed by atoms with Gasteiger partial charge in [-0.3, -0.25) is 0 Å². The highest BCUT2D eigenvalue weighted by molar-refractivity contribution is 5.89. The Labute approximate surface area is 94.0 Å². The number of rotatable bonds is 5. The van der Waals surface area contributed by atoms with Crippen LogP contribution in [-0.4, -0.2) is 30.3 Å². The molecule has 0 fully saturated rings. The molecule has 0 amide bonds. The minimum Gasteiger partial charge on any atom is -0.495 e. The molecule has 0 saturated heterocycles. The van der Waals surface area contributed by atoms with Crippen LogP contribution in [0.5, 0.6) is 11.5 Å². The molecule has 1 aromatic heterocycles. The molecule has 0 aromatic carbocycles. The summed E-state index contributed by atoms with van der Waals surface area (Å²) in [6.45, 7) is 2.00. The topological polar surface area (TPSA) is 68.7 Å². The highest BCUT2D eigenvalue weighted by Crippen LogP contribution is 2.31. The first-order valence-electron chi connectivity index (χ1n) is 4.98. The van der Waals surface area contributed by atoms with Gasteiger partial charge in [0, 0.05) is 5.56 Å². The quantitative estimate of drug-likeness (QED) is 0.826. The maximum atomic E-state index is 11.0. The van der Waals surface area contributed by atoms with Gasteiger partial charge in [-0.15, -0.1) is 0 Å². The van der Waals surface area contributed by atoms with Gasteiger partial charge in [-0.05, 0) is 6.42 Å². The van der Waals surface area contributed by atoms with E-state index in [1.165, 1.54) is 20.4 Å². The van der Waals surface area contributed by atoms with Gasteiger partial charge in [0.05, 0.1) is 20.4 Å². The molecule has 0 atom stereocenters. The van der Waals surface area contributed by atoms with Crippen LogP contribution in [0.25, 0.3) is 0 Å². The Morgan fingerprint density at radius 2 is 2.12 bits per heavy atom. The average molecular weight is 225 g/mol. The van der Waals surface area contributed by atoms with Gasteiger partial charge < -0.3 is 14.6 Å². The van der Waals surface area contributed by atoms with Crippen LogP contribution in [0, 0.1) is 0 Å². The van der Waals surface area contributed by atoms with Crippen molar-refractivity contribution in [3.8, 4) is 11.5 Å². The summed E-state index contributed by atoms with van der Waals surface area (Å²) in [6.07, 6.45) is 2.97. The first-order valence-corrected chi connectivity index (χ1v) is 4.98. The molecule has 1 N–H and O–H groups in total. The molecule has 88 valence electrons. The maximum Gasteiger partial charge on any atom is 0.358 e. The van der Waals surface area contributed by atoms with Crippen molar-refractivity contribution in [2.24, 2.45) is 0 Å². The van der Waals surface area contributed by atoms with E-state index in [4.69, 9.17) is 14.6 Å². The molecule has 0 saturated carbocycles. The van der Waals surface area contributed by atoms with Gasteiger partial charge in [0.2, 0.25) is 0 Å². The van der Waals surface area contributed by atoms with Crippen LogP contribution in [-0.2, 0) is 6.42 Å². The number of carboxylic acids is 1. The average Bonchev–Trinajstić information content (AvgIpc) is 2.28. The van der Waals surface area contributed by atoms with E-state index in [-0.39, 0.29) is 11.4 Å². The largest absolute Gasteiger partial charge is 0.495 e. The molecule has 5 nitrogen and oxygen atoms in total. The van der Waals surface area contributed by atoms with Crippen LogP contribution in [0.3, 0.4) is 0 Å². The Morgan fingerprint density at radius 1 is 1.44 bits per heavy atom. The van der Waals surface area contributed by atoms with Crippen LogP contribution >= 0.6 is 0 Å². The maximum absolute atomic E-state index is 11.0. The summed E-state index contributed by atoms with van der Waals surface area (Å²) < 4.78 is 10.2. The van der Waals surface area contributed by atoms with Gasteiger partial charge in [-0.2, -0.15) is 0 Å². The van der Waals surface area contributed by atoms with Crippen LogP contribution in [0.15, 0.2) is 6.20 Å². The monoisotopic (exact) mass is 225 g/mol. The zero-order chi connectivity index (χ0) is 12.1. The number of ether oxygens (including phenoxy) is 2. The lowest BCUT2D eigenvalue weighted by Gasteiger charge is -2.13. The van der Waals surface area contributed by atoms with E-state index in [1.54, 1.807) is 0 Å². The lowest BCUT2D eigenvalue weighted by Crippen LogP contribution is -2.08. The lowest BCUT2D eigenvalue weighted by molar-refractivity contribution is 0.0686. The van der Waals surface area contributed by atoms with Gasteiger partial charge in [0.1, 0.15) is 5.75 Å². The van der Waals surface area contributed by atoms with Gasteiger partial charge in [-0.25, -0.2) is 9.78 Å². The third kappa shape index (κ3) is 2.24. The van der Waals surface area contributed by atoms with Crippen molar-refractivity contribution < 1.29 is 19.4 Å². The molecule has 0 spiro atoms. The molecule has 0 radical (unpaired) electrons. The number of carboxylic acid groups (broad SMARTS) is 1. The standard InChI is InChI=1S/C11H15NO4/c1-4-5-7-8(15-2)6-12-9(11(13)14)10(7)16-3/h6H,4-5H2,1-3H3,(H,13,14). The van der Waals surface area contributed by atoms with Crippen molar-refractivity contribution in [3.05, 3.63) is 17.5 Å². The fourth-order valence-corrected chi connectivity index (χ4v) is 1.55. The SMILES string of the molecule is CCCc1c(OC)cnc(C(=O)O)c1OC. The summed E-state index contributed by atoms with van der Waals surface area (Å²) in [5.41, 5.74) is 0.673. The highest BCUT2D eigenvalue weighted by Gasteiger charge is 2.20. The van der Waals surface area contributed by atoms with E-state index in [0.29, 0.717) is 12.2 Å². The summed E-state index contributed by atoms with van der Waals surface area (Å²) >= 11 is 0. The van der Waals surface area contributed by atoms with E-state index in [1.807, 2.05) is 6.92 Å². The Balaban J connectivity index is 3.36. The van der Waals surface area contributed by atoms with Crippen LogP contribution < -0.4 is 9.47 Å². The predicted octanol–water partition coefficient (Wildman–Crippen LogP) is 1.75. The van der Waals surface area contributed by atoms with E-state index in [9.17, 15) is 4.79 Å².